The van der Waals surface area contributed by atoms with Crippen molar-refractivity contribution in [2.45, 2.75) is 41.7 Å². The largest absolute Gasteiger partial charge is 0.396 e. The lowest BCUT2D eigenvalue weighted by Crippen LogP contribution is -2.49. The highest BCUT2D eigenvalue weighted by molar-refractivity contribution is 14.1. The molecule has 1 aliphatic heterocycles. The maximum Gasteiger partial charge on any atom is 0.186 e. The van der Waals surface area contributed by atoms with E-state index in [1.807, 2.05) is 30.3 Å². The molecule has 0 spiro atoms. The lowest BCUT2D eigenvalue weighted by molar-refractivity contribution is 0.0978. The molecule has 0 bridgehead atoms. The number of piperidine rings is 1. The van der Waals surface area contributed by atoms with Gasteiger partial charge >= 0.3 is 0 Å². The van der Waals surface area contributed by atoms with Crippen molar-refractivity contribution >= 4 is 22.6 Å². The van der Waals surface area contributed by atoms with Crippen LogP contribution in [0.3, 0.4) is 0 Å². The summed E-state index contributed by atoms with van der Waals surface area (Å²) in [5.41, 5.74) is 1.05. The second-order valence-electron chi connectivity index (χ2n) is 5.31. The molecule has 3 nitrogen and oxygen atoms in total. The van der Waals surface area contributed by atoms with Crippen molar-refractivity contribution in [1.82, 2.24) is 4.90 Å². The van der Waals surface area contributed by atoms with Gasteiger partial charge in [0.1, 0.15) is 6.07 Å². The van der Waals surface area contributed by atoms with E-state index in [4.69, 9.17) is 5.11 Å². The van der Waals surface area contributed by atoms with Crippen LogP contribution in [0.25, 0.3) is 0 Å². The molecule has 1 saturated heterocycles. The Bertz CT molecular complexity index is 459. The van der Waals surface area contributed by atoms with Gasteiger partial charge < -0.3 is 5.11 Å². The summed E-state index contributed by atoms with van der Waals surface area (Å²) in [5, 5.41) is 18.9. The Balaban J connectivity index is 2.26. The molecule has 1 aromatic rings. The van der Waals surface area contributed by atoms with E-state index in [9.17, 15) is 5.26 Å². The smallest absolute Gasteiger partial charge is 0.186 e. The fourth-order valence-corrected chi connectivity index (χ4v) is 3.98. The number of benzene rings is 1. The third-order valence-electron chi connectivity index (χ3n) is 4.02. The molecular formula is C16H21IN2O. The molecule has 0 saturated carbocycles. The average Bonchev–Trinajstić information content (AvgIpc) is 2.53. The van der Waals surface area contributed by atoms with Gasteiger partial charge in [-0.2, -0.15) is 5.26 Å². The minimum absolute atomic E-state index is 0.233. The summed E-state index contributed by atoms with van der Waals surface area (Å²) in [6.07, 6.45) is 5.28. The molecule has 4 heteroatoms. The van der Waals surface area contributed by atoms with Crippen LogP contribution >= 0.6 is 22.6 Å². The third kappa shape index (κ3) is 3.33. The molecule has 0 aromatic heterocycles. The number of hydrogen-bond donors (Lipinski definition) is 1. The van der Waals surface area contributed by atoms with Crippen molar-refractivity contribution in [3.63, 3.8) is 0 Å². The first-order chi connectivity index (χ1) is 9.72. The van der Waals surface area contributed by atoms with Gasteiger partial charge in [-0.15, -0.1) is 0 Å². The highest BCUT2D eigenvalue weighted by Crippen LogP contribution is 2.40. The maximum absolute atomic E-state index is 9.79. The van der Waals surface area contributed by atoms with Crippen LogP contribution in [0.5, 0.6) is 0 Å². The van der Waals surface area contributed by atoms with Crippen molar-refractivity contribution in [1.29, 1.82) is 5.26 Å². The fraction of sp³-hybridized carbons (Fsp3) is 0.562. The quantitative estimate of drug-likeness (QED) is 0.481. The second kappa shape index (κ2) is 7.39. The minimum Gasteiger partial charge on any atom is -0.396 e. The molecule has 0 radical (unpaired) electrons. The molecule has 1 aromatic carbocycles. The number of aliphatic hydroxyl groups is 1. The SMILES string of the molecule is N#CC(I)(c1ccccc1)N1CCCCC1CCCO. The van der Waals surface area contributed by atoms with E-state index in [-0.39, 0.29) is 6.61 Å². The summed E-state index contributed by atoms with van der Waals surface area (Å²) in [7, 11) is 0. The molecule has 1 fully saturated rings. The van der Waals surface area contributed by atoms with E-state index in [1.54, 1.807) is 0 Å². The predicted octanol–water partition coefficient (Wildman–Crippen LogP) is 3.42. The standard InChI is InChI=1S/C16H21IN2O/c17-16(13-18,14-7-2-1-3-8-14)19-11-5-4-9-15(19)10-6-12-20/h1-3,7-8,15,20H,4-6,9-12H2. The number of halogens is 1. The van der Waals surface area contributed by atoms with Crippen LogP contribution in [0.4, 0.5) is 0 Å². The second-order valence-corrected chi connectivity index (χ2v) is 6.87. The zero-order valence-corrected chi connectivity index (χ0v) is 13.8. The molecular weight excluding hydrogens is 363 g/mol. The maximum atomic E-state index is 9.79. The number of rotatable bonds is 5. The summed E-state index contributed by atoms with van der Waals surface area (Å²) in [5.74, 6) is 0. The van der Waals surface area contributed by atoms with Gasteiger partial charge in [0.25, 0.3) is 0 Å². The Morgan fingerprint density at radius 2 is 2.10 bits per heavy atom. The van der Waals surface area contributed by atoms with E-state index in [2.05, 4.69) is 33.6 Å². The number of hydrogen-bond acceptors (Lipinski definition) is 3. The van der Waals surface area contributed by atoms with Gasteiger partial charge in [0.15, 0.2) is 3.55 Å². The first-order valence-electron chi connectivity index (χ1n) is 7.25. The zero-order valence-electron chi connectivity index (χ0n) is 11.6. The highest BCUT2D eigenvalue weighted by Gasteiger charge is 2.40. The molecule has 2 rings (SSSR count). The van der Waals surface area contributed by atoms with Gasteiger partial charge in [-0.1, -0.05) is 36.8 Å². The first kappa shape index (κ1) is 15.7. The number of alkyl halides is 1. The molecule has 2 unspecified atom stereocenters. The van der Waals surface area contributed by atoms with Crippen molar-refractivity contribution in [2.24, 2.45) is 0 Å². The van der Waals surface area contributed by atoms with E-state index >= 15 is 0 Å². The van der Waals surface area contributed by atoms with Crippen LogP contribution in [-0.4, -0.2) is 29.2 Å². The Morgan fingerprint density at radius 1 is 1.35 bits per heavy atom. The van der Waals surface area contributed by atoms with Crippen LogP contribution < -0.4 is 0 Å². The van der Waals surface area contributed by atoms with E-state index in [0.29, 0.717) is 6.04 Å². The number of nitrogens with zero attached hydrogens (tertiary/aromatic N) is 2. The van der Waals surface area contributed by atoms with Crippen molar-refractivity contribution in [3.8, 4) is 6.07 Å². The van der Waals surface area contributed by atoms with E-state index in [0.717, 1.165) is 37.8 Å². The lowest BCUT2D eigenvalue weighted by Gasteiger charge is -2.43. The molecule has 108 valence electrons. The summed E-state index contributed by atoms with van der Waals surface area (Å²) >= 11 is 2.29. The molecule has 20 heavy (non-hydrogen) atoms. The van der Waals surface area contributed by atoms with Gasteiger partial charge in [-0.25, -0.2) is 0 Å². The van der Waals surface area contributed by atoms with Gasteiger partial charge in [-0.3, -0.25) is 4.90 Å². The summed E-state index contributed by atoms with van der Waals surface area (Å²) in [6, 6.07) is 13.0. The van der Waals surface area contributed by atoms with Gasteiger partial charge in [0.05, 0.1) is 0 Å². The Hall–Kier alpha value is -0.640. The lowest BCUT2D eigenvalue weighted by atomic mass is 9.94. The molecule has 2 atom stereocenters. The highest BCUT2D eigenvalue weighted by atomic mass is 127. The fourth-order valence-electron chi connectivity index (χ4n) is 2.99. The summed E-state index contributed by atoms with van der Waals surface area (Å²) in [6.45, 7) is 1.19. The van der Waals surface area contributed by atoms with Crippen molar-refractivity contribution in [3.05, 3.63) is 35.9 Å². The van der Waals surface area contributed by atoms with Gasteiger partial charge in [-0.05, 0) is 53.8 Å². The molecule has 0 aliphatic carbocycles. The third-order valence-corrected chi connectivity index (χ3v) is 5.51. The molecule has 1 N–H and O–H groups in total. The van der Waals surface area contributed by atoms with Crippen LogP contribution in [0.2, 0.25) is 0 Å². The van der Waals surface area contributed by atoms with Crippen molar-refractivity contribution in [2.75, 3.05) is 13.2 Å². The van der Waals surface area contributed by atoms with Gasteiger partial charge in [0, 0.05) is 19.2 Å². The molecule has 1 heterocycles. The normalized spacial score (nSPS) is 22.9. The Morgan fingerprint density at radius 3 is 2.75 bits per heavy atom. The average molecular weight is 384 g/mol. The zero-order chi connectivity index (χ0) is 14.4. The topological polar surface area (TPSA) is 47.3 Å². The Kier molecular flexibility index (Phi) is 5.82. The molecule has 0 amide bonds. The van der Waals surface area contributed by atoms with E-state index < -0.39 is 3.55 Å². The van der Waals surface area contributed by atoms with Crippen LogP contribution in [0, 0.1) is 11.3 Å². The predicted molar refractivity (Wildman–Crippen MR) is 88.4 cm³/mol. The number of aliphatic hydroxyl groups excluding tert-OH is 1. The first-order valence-corrected chi connectivity index (χ1v) is 8.33. The van der Waals surface area contributed by atoms with Crippen LogP contribution in [0.15, 0.2) is 30.3 Å². The van der Waals surface area contributed by atoms with Crippen molar-refractivity contribution < 1.29 is 5.11 Å². The number of likely N-dealkylation sites (tertiary alicyclic amines) is 1. The number of nitriles is 1. The van der Waals surface area contributed by atoms with Gasteiger partial charge in [0.2, 0.25) is 0 Å². The Labute approximate surface area is 134 Å². The summed E-state index contributed by atoms with van der Waals surface area (Å²) in [4.78, 5) is 2.34. The minimum atomic E-state index is -0.598. The van der Waals surface area contributed by atoms with E-state index in [1.165, 1.54) is 6.42 Å². The molecule has 1 aliphatic rings. The monoisotopic (exact) mass is 384 g/mol. The van der Waals surface area contributed by atoms with Crippen LogP contribution in [-0.2, 0) is 3.55 Å². The van der Waals surface area contributed by atoms with Crippen LogP contribution in [0.1, 0.15) is 37.7 Å². The summed E-state index contributed by atoms with van der Waals surface area (Å²) < 4.78 is -0.598.